The molecule has 1 atom stereocenters. The second kappa shape index (κ2) is 8.16. The smallest absolute Gasteiger partial charge is 0.0468 e. The Labute approximate surface area is 112 Å². The fourth-order valence-electron chi connectivity index (χ4n) is 3.78. The SMILES string of the molecule is OCC(CCCCC1CCOCC1)C1CCCC1. The average Bonchev–Trinajstić information content (AvgIpc) is 2.94. The first-order valence-electron chi connectivity index (χ1n) is 8.08. The number of hydrogen-bond donors (Lipinski definition) is 1. The summed E-state index contributed by atoms with van der Waals surface area (Å²) in [6.45, 7) is 2.37. The summed E-state index contributed by atoms with van der Waals surface area (Å²) < 4.78 is 5.40. The Morgan fingerprint density at radius 3 is 2.39 bits per heavy atom. The van der Waals surface area contributed by atoms with Crippen LogP contribution in [0.4, 0.5) is 0 Å². The largest absolute Gasteiger partial charge is 0.396 e. The van der Waals surface area contributed by atoms with Crippen molar-refractivity contribution in [1.29, 1.82) is 0 Å². The van der Waals surface area contributed by atoms with E-state index in [9.17, 15) is 5.11 Å². The van der Waals surface area contributed by atoms with Crippen LogP contribution in [0.3, 0.4) is 0 Å². The Morgan fingerprint density at radius 1 is 1.00 bits per heavy atom. The van der Waals surface area contributed by atoms with Gasteiger partial charge in [0.05, 0.1) is 0 Å². The summed E-state index contributed by atoms with van der Waals surface area (Å²) in [5, 5.41) is 9.52. The maximum atomic E-state index is 9.52. The van der Waals surface area contributed by atoms with Crippen LogP contribution in [-0.2, 0) is 4.74 Å². The third kappa shape index (κ3) is 4.55. The van der Waals surface area contributed by atoms with E-state index >= 15 is 0 Å². The Bertz CT molecular complexity index is 205. The number of unbranched alkanes of at least 4 members (excludes halogenated alkanes) is 1. The van der Waals surface area contributed by atoms with Crippen LogP contribution < -0.4 is 0 Å². The average molecular weight is 254 g/mol. The highest BCUT2D eigenvalue weighted by Crippen LogP contribution is 2.34. The lowest BCUT2D eigenvalue weighted by Gasteiger charge is -2.23. The maximum absolute atomic E-state index is 9.52. The summed E-state index contributed by atoms with van der Waals surface area (Å²) in [7, 11) is 0. The second-order valence-corrected chi connectivity index (χ2v) is 6.33. The standard InChI is InChI=1S/C16H30O2/c17-13-16(15-6-3-4-7-15)8-2-1-5-14-9-11-18-12-10-14/h14-17H,1-13H2. The van der Waals surface area contributed by atoms with Crippen LogP contribution in [0.15, 0.2) is 0 Å². The minimum absolute atomic E-state index is 0.419. The van der Waals surface area contributed by atoms with E-state index in [1.165, 1.54) is 64.2 Å². The van der Waals surface area contributed by atoms with E-state index in [1.807, 2.05) is 0 Å². The molecular formula is C16H30O2. The van der Waals surface area contributed by atoms with Crippen LogP contribution >= 0.6 is 0 Å². The molecule has 0 aromatic rings. The molecule has 0 bridgehead atoms. The Balaban J connectivity index is 1.55. The number of aliphatic hydroxyl groups excluding tert-OH is 1. The van der Waals surface area contributed by atoms with Gasteiger partial charge in [0.2, 0.25) is 0 Å². The van der Waals surface area contributed by atoms with Crippen molar-refractivity contribution in [1.82, 2.24) is 0 Å². The molecule has 2 fully saturated rings. The summed E-state index contributed by atoms with van der Waals surface area (Å²) in [5.41, 5.74) is 0. The molecule has 1 aliphatic heterocycles. The Hall–Kier alpha value is -0.0800. The normalized spacial score (nSPS) is 24.5. The van der Waals surface area contributed by atoms with Gasteiger partial charge >= 0.3 is 0 Å². The molecular weight excluding hydrogens is 224 g/mol. The van der Waals surface area contributed by atoms with Gasteiger partial charge in [-0.2, -0.15) is 0 Å². The molecule has 0 aromatic carbocycles. The van der Waals surface area contributed by atoms with Crippen molar-refractivity contribution in [2.24, 2.45) is 17.8 Å². The molecule has 2 aliphatic rings. The summed E-state index contributed by atoms with van der Waals surface area (Å²) in [6, 6.07) is 0. The molecule has 2 rings (SSSR count). The van der Waals surface area contributed by atoms with Gasteiger partial charge in [-0.05, 0) is 37.0 Å². The van der Waals surface area contributed by atoms with Crippen LogP contribution in [0.5, 0.6) is 0 Å². The molecule has 1 unspecified atom stereocenters. The van der Waals surface area contributed by atoms with Gasteiger partial charge in [-0.1, -0.05) is 44.9 Å². The molecule has 0 aromatic heterocycles. The zero-order chi connectivity index (χ0) is 12.6. The van der Waals surface area contributed by atoms with Crippen molar-refractivity contribution >= 4 is 0 Å². The lowest BCUT2D eigenvalue weighted by molar-refractivity contribution is 0.0627. The minimum atomic E-state index is 0.419. The number of ether oxygens (including phenoxy) is 1. The topological polar surface area (TPSA) is 29.5 Å². The fourth-order valence-corrected chi connectivity index (χ4v) is 3.78. The van der Waals surface area contributed by atoms with E-state index in [1.54, 1.807) is 0 Å². The lowest BCUT2D eigenvalue weighted by atomic mass is 9.86. The first-order valence-corrected chi connectivity index (χ1v) is 8.08. The Kier molecular flexibility index (Phi) is 6.50. The van der Waals surface area contributed by atoms with Crippen molar-refractivity contribution in [3.63, 3.8) is 0 Å². The fraction of sp³-hybridized carbons (Fsp3) is 1.00. The molecule has 0 spiro atoms. The van der Waals surface area contributed by atoms with Gasteiger partial charge in [0.1, 0.15) is 0 Å². The van der Waals surface area contributed by atoms with Gasteiger partial charge in [-0.3, -0.25) is 0 Å². The first-order chi connectivity index (χ1) is 8.90. The van der Waals surface area contributed by atoms with Gasteiger partial charge in [0.15, 0.2) is 0 Å². The third-order valence-corrected chi connectivity index (χ3v) is 5.08. The monoisotopic (exact) mass is 254 g/mol. The van der Waals surface area contributed by atoms with E-state index in [-0.39, 0.29) is 0 Å². The molecule has 18 heavy (non-hydrogen) atoms. The molecule has 1 heterocycles. The van der Waals surface area contributed by atoms with Gasteiger partial charge in [-0.25, -0.2) is 0 Å². The maximum Gasteiger partial charge on any atom is 0.0468 e. The highest BCUT2D eigenvalue weighted by molar-refractivity contribution is 4.75. The molecule has 0 radical (unpaired) electrons. The lowest BCUT2D eigenvalue weighted by Crippen LogP contribution is -2.17. The number of hydrogen-bond acceptors (Lipinski definition) is 2. The summed E-state index contributed by atoms with van der Waals surface area (Å²) in [4.78, 5) is 0. The van der Waals surface area contributed by atoms with Gasteiger partial charge in [0.25, 0.3) is 0 Å². The highest BCUT2D eigenvalue weighted by Gasteiger charge is 2.24. The van der Waals surface area contributed by atoms with Crippen LogP contribution in [0.1, 0.15) is 64.2 Å². The van der Waals surface area contributed by atoms with Crippen molar-refractivity contribution in [2.75, 3.05) is 19.8 Å². The van der Waals surface area contributed by atoms with Crippen molar-refractivity contribution in [2.45, 2.75) is 64.2 Å². The van der Waals surface area contributed by atoms with E-state index in [2.05, 4.69) is 0 Å². The van der Waals surface area contributed by atoms with E-state index in [4.69, 9.17) is 4.74 Å². The molecule has 1 N–H and O–H groups in total. The first kappa shape index (κ1) is 14.3. The van der Waals surface area contributed by atoms with Crippen LogP contribution in [-0.4, -0.2) is 24.9 Å². The molecule has 0 amide bonds. The van der Waals surface area contributed by atoms with Gasteiger partial charge in [0, 0.05) is 19.8 Å². The number of aliphatic hydroxyl groups is 1. The van der Waals surface area contributed by atoms with E-state index in [0.29, 0.717) is 12.5 Å². The van der Waals surface area contributed by atoms with Gasteiger partial charge in [-0.15, -0.1) is 0 Å². The number of rotatable bonds is 7. The van der Waals surface area contributed by atoms with Crippen molar-refractivity contribution in [3.8, 4) is 0 Å². The molecule has 2 nitrogen and oxygen atoms in total. The molecule has 1 saturated heterocycles. The van der Waals surface area contributed by atoms with Crippen LogP contribution in [0.25, 0.3) is 0 Å². The van der Waals surface area contributed by atoms with Crippen LogP contribution in [0, 0.1) is 17.8 Å². The van der Waals surface area contributed by atoms with Crippen molar-refractivity contribution in [3.05, 3.63) is 0 Å². The summed E-state index contributed by atoms with van der Waals surface area (Å²) in [6.07, 6.45) is 13.4. The molecule has 1 aliphatic carbocycles. The third-order valence-electron chi connectivity index (χ3n) is 5.08. The predicted octanol–water partition coefficient (Wildman–Crippen LogP) is 3.77. The molecule has 1 saturated carbocycles. The summed E-state index contributed by atoms with van der Waals surface area (Å²) in [5.74, 6) is 2.35. The van der Waals surface area contributed by atoms with E-state index in [0.717, 1.165) is 25.0 Å². The zero-order valence-electron chi connectivity index (χ0n) is 11.8. The summed E-state index contributed by atoms with van der Waals surface area (Å²) >= 11 is 0. The van der Waals surface area contributed by atoms with Crippen molar-refractivity contribution < 1.29 is 9.84 Å². The quantitative estimate of drug-likeness (QED) is 0.701. The van der Waals surface area contributed by atoms with Crippen LogP contribution in [0.2, 0.25) is 0 Å². The van der Waals surface area contributed by atoms with Gasteiger partial charge < -0.3 is 9.84 Å². The predicted molar refractivity (Wildman–Crippen MR) is 74.5 cm³/mol. The highest BCUT2D eigenvalue weighted by atomic mass is 16.5. The molecule has 2 heteroatoms. The zero-order valence-corrected chi connectivity index (χ0v) is 11.8. The molecule has 106 valence electrons. The Morgan fingerprint density at radius 2 is 1.72 bits per heavy atom. The van der Waals surface area contributed by atoms with E-state index < -0.39 is 0 Å². The minimum Gasteiger partial charge on any atom is -0.396 e. The second-order valence-electron chi connectivity index (χ2n) is 6.33.